The van der Waals surface area contributed by atoms with Gasteiger partial charge in [0.15, 0.2) is 6.10 Å². The summed E-state index contributed by atoms with van der Waals surface area (Å²) in [6.45, 7) is 5.01. The largest absolute Gasteiger partial charge is 0.497 e. The van der Waals surface area contributed by atoms with Crippen molar-refractivity contribution in [2.24, 2.45) is 5.92 Å². The van der Waals surface area contributed by atoms with Crippen LogP contribution in [0.3, 0.4) is 0 Å². The molecule has 0 aliphatic rings. The molecule has 0 radical (unpaired) electrons. The molecule has 0 spiro atoms. The topological polar surface area (TPSA) is 97.7 Å². The van der Waals surface area contributed by atoms with Gasteiger partial charge in [-0.15, -0.1) is 0 Å². The molecule has 0 unspecified atom stereocenters. The van der Waals surface area contributed by atoms with Crippen LogP contribution < -0.4 is 14.8 Å². The molecule has 7 nitrogen and oxygen atoms in total. The van der Waals surface area contributed by atoms with Gasteiger partial charge in [-0.3, -0.25) is 4.79 Å². The van der Waals surface area contributed by atoms with E-state index in [1.165, 1.54) is 21.1 Å². The van der Waals surface area contributed by atoms with Crippen LogP contribution in [0.4, 0.5) is 0 Å². The van der Waals surface area contributed by atoms with Gasteiger partial charge in [0.25, 0.3) is 5.91 Å². The summed E-state index contributed by atoms with van der Waals surface area (Å²) < 4.78 is 15.2. The number of carbonyl (C=O) groups excluding carboxylic acids is 2. The summed E-state index contributed by atoms with van der Waals surface area (Å²) in [5.41, 5.74) is 0.290. The zero-order valence-corrected chi connectivity index (χ0v) is 14.5. The molecule has 0 aliphatic carbocycles. The lowest BCUT2D eigenvalue weighted by Crippen LogP contribution is -2.46. The first-order valence-corrected chi connectivity index (χ1v) is 7.46. The molecule has 0 aliphatic heterocycles. The second-order valence-electron chi connectivity index (χ2n) is 5.50. The Morgan fingerprint density at radius 2 is 1.62 bits per heavy atom. The molecule has 1 amide bonds. The molecule has 0 fully saturated rings. The number of nitrogens with one attached hydrogen (secondary N) is 1. The summed E-state index contributed by atoms with van der Waals surface area (Å²) >= 11 is 0. The van der Waals surface area contributed by atoms with E-state index >= 15 is 0 Å². The Hall–Kier alpha value is -2.75. The summed E-state index contributed by atoms with van der Waals surface area (Å²) in [6, 6.07) is 5.66. The normalized spacial score (nSPS) is 12.7. The molecule has 7 heteroatoms. The summed E-state index contributed by atoms with van der Waals surface area (Å²) in [4.78, 5) is 24.6. The van der Waals surface area contributed by atoms with Crippen LogP contribution in [0, 0.1) is 17.2 Å². The van der Waals surface area contributed by atoms with Crippen LogP contribution in [0.5, 0.6) is 11.5 Å². The van der Waals surface area contributed by atoms with Crippen LogP contribution in [0.2, 0.25) is 0 Å². The smallest absolute Gasteiger partial charge is 0.330 e. The first-order valence-electron chi connectivity index (χ1n) is 7.46. The van der Waals surface area contributed by atoms with E-state index in [9.17, 15) is 9.59 Å². The minimum absolute atomic E-state index is 0.208. The van der Waals surface area contributed by atoms with E-state index < -0.39 is 24.0 Å². The predicted octanol–water partition coefficient (Wildman–Crippen LogP) is 1.91. The average Bonchev–Trinajstić information content (AvgIpc) is 2.57. The third-order valence-electron chi connectivity index (χ3n) is 3.30. The molecule has 1 N–H and O–H groups in total. The van der Waals surface area contributed by atoms with E-state index in [1.807, 2.05) is 6.07 Å². The second kappa shape index (κ2) is 8.77. The van der Waals surface area contributed by atoms with Crippen LogP contribution in [-0.2, 0) is 9.53 Å². The molecule has 0 aromatic heterocycles. The minimum Gasteiger partial charge on any atom is -0.497 e. The van der Waals surface area contributed by atoms with Crippen molar-refractivity contribution in [1.82, 2.24) is 5.32 Å². The van der Waals surface area contributed by atoms with Crippen LogP contribution >= 0.6 is 0 Å². The average molecular weight is 334 g/mol. The fourth-order valence-corrected chi connectivity index (χ4v) is 1.93. The number of hydrogen-bond donors (Lipinski definition) is 1. The van der Waals surface area contributed by atoms with Gasteiger partial charge in [-0.2, -0.15) is 5.26 Å². The molecule has 1 rings (SSSR count). The Labute approximate surface area is 141 Å². The van der Waals surface area contributed by atoms with Crippen LogP contribution in [-0.4, -0.2) is 38.2 Å². The van der Waals surface area contributed by atoms with Gasteiger partial charge in [0.05, 0.1) is 14.2 Å². The first kappa shape index (κ1) is 19.3. The van der Waals surface area contributed by atoms with Crippen LogP contribution in [0.15, 0.2) is 18.2 Å². The van der Waals surface area contributed by atoms with E-state index in [0.29, 0.717) is 11.5 Å². The molecule has 0 bridgehead atoms. The van der Waals surface area contributed by atoms with Gasteiger partial charge in [0.2, 0.25) is 0 Å². The maximum atomic E-state index is 12.5. The lowest BCUT2D eigenvalue weighted by Gasteiger charge is -2.21. The van der Waals surface area contributed by atoms with Gasteiger partial charge in [-0.1, -0.05) is 13.8 Å². The SMILES string of the molecule is COc1cc(OC)cc(C(=O)N[C@H](C(=O)O[C@@H](C)C#N)C(C)C)c1. The fraction of sp³-hybridized carbons (Fsp3) is 0.471. The summed E-state index contributed by atoms with van der Waals surface area (Å²) in [7, 11) is 2.96. The molecule has 2 atom stereocenters. The molecule has 24 heavy (non-hydrogen) atoms. The van der Waals surface area contributed by atoms with Crippen molar-refractivity contribution >= 4 is 11.9 Å². The van der Waals surface area contributed by atoms with Crippen molar-refractivity contribution in [3.05, 3.63) is 23.8 Å². The number of nitrogens with zero attached hydrogens (tertiary/aromatic N) is 1. The van der Waals surface area contributed by atoms with Crippen molar-refractivity contribution in [2.45, 2.75) is 32.9 Å². The monoisotopic (exact) mass is 334 g/mol. The molecular weight excluding hydrogens is 312 g/mol. The lowest BCUT2D eigenvalue weighted by atomic mass is 10.0. The second-order valence-corrected chi connectivity index (χ2v) is 5.50. The molecule has 0 heterocycles. The number of methoxy groups -OCH3 is 2. The summed E-state index contributed by atoms with van der Waals surface area (Å²) in [5.74, 6) is -0.405. The Morgan fingerprint density at radius 1 is 1.08 bits per heavy atom. The van der Waals surface area contributed by atoms with E-state index in [0.717, 1.165) is 0 Å². The molecular formula is C17H22N2O5. The quantitative estimate of drug-likeness (QED) is 0.765. The Bertz CT molecular complexity index is 614. The highest BCUT2D eigenvalue weighted by Crippen LogP contribution is 2.22. The first-order chi connectivity index (χ1) is 11.3. The number of benzene rings is 1. The molecule has 1 aromatic rings. The fourth-order valence-electron chi connectivity index (χ4n) is 1.93. The molecule has 130 valence electrons. The van der Waals surface area contributed by atoms with Gasteiger partial charge >= 0.3 is 5.97 Å². The van der Waals surface area contributed by atoms with Crippen LogP contribution in [0.25, 0.3) is 0 Å². The number of carbonyl (C=O) groups is 2. The van der Waals surface area contributed by atoms with E-state index in [-0.39, 0.29) is 11.5 Å². The van der Waals surface area contributed by atoms with Crippen LogP contribution in [0.1, 0.15) is 31.1 Å². The van der Waals surface area contributed by atoms with E-state index in [4.69, 9.17) is 19.5 Å². The molecule has 0 saturated heterocycles. The van der Waals surface area contributed by atoms with Gasteiger partial charge < -0.3 is 19.5 Å². The van der Waals surface area contributed by atoms with E-state index in [1.54, 1.807) is 32.0 Å². The number of nitriles is 1. The number of rotatable bonds is 7. The Morgan fingerprint density at radius 3 is 2.04 bits per heavy atom. The highest BCUT2D eigenvalue weighted by atomic mass is 16.5. The third kappa shape index (κ3) is 5.16. The Balaban J connectivity index is 2.97. The number of hydrogen-bond acceptors (Lipinski definition) is 6. The van der Waals surface area contributed by atoms with Crippen molar-refractivity contribution in [1.29, 1.82) is 5.26 Å². The predicted molar refractivity (Wildman–Crippen MR) is 86.8 cm³/mol. The van der Waals surface area contributed by atoms with Gasteiger partial charge in [0.1, 0.15) is 23.6 Å². The minimum atomic E-state index is -0.882. The standard InChI is InChI=1S/C17H22N2O5/c1-10(2)15(17(21)24-11(3)9-18)19-16(20)12-6-13(22-4)8-14(7-12)23-5/h6-8,10-11,15H,1-5H3,(H,19,20)/t11-,15-/m0/s1. The molecule has 0 saturated carbocycles. The number of ether oxygens (including phenoxy) is 3. The zero-order valence-electron chi connectivity index (χ0n) is 14.5. The number of amides is 1. The summed E-state index contributed by atoms with van der Waals surface area (Å²) in [5, 5.41) is 11.4. The van der Waals surface area contributed by atoms with Crippen molar-refractivity contribution < 1.29 is 23.8 Å². The maximum Gasteiger partial charge on any atom is 0.330 e. The third-order valence-corrected chi connectivity index (χ3v) is 3.30. The van der Waals surface area contributed by atoms with Crippen molar-refractivity contribution in [3.8, 4) is 17.6 Å². The van der Waals surface area contributed by atoms with E-state index in [2.05, 4.69) is 5.32 Å². The Kier molecular flexibility index (Phi) is 7.05. The van der Waals surface area contributed by atoms with Gasteiger partial charge in [-0.25, -0.2) is 4.79 Å². The molecule has 1 aromatic carbocycles. The zero-order chi connectivity index (χ0) is 18.3. The van der Waals surface area contributed by atoms with Gasteiger partial charge in [0, 0.05) is 11.6 Å². The number of esters is 1. The highest BCUT2D eigenvalue weighted by molar-refractivity contribution is 5.97. The maximum absolute atomic E-state index is 12.5. The van der Waals surface area contributed by atoms with Crippen molar-refractivity contribution in [3.63, 3.8) is 0 Å². The van der Waals surface area contributed by atoms with Gasteiger partial charge in [-0.05, 0) is 25.0 Å². The highest BCUT2D eigenvalue weighted by Gasteiger charge is 2.27. The summed E-state index contributed by atoms with van der Waals surface area (Å²) in [6.07, 6.45) is -0.882. The lowest BCUT2D eigenvalue weighted by molar-refractivity contribution is -0.149. The van der Waals surface area contributed by atoms with Crippen molar-refractivity contribution in [2.75, 3.05) is 14.2 Å².